The van der Waals surface area contributed by atoms with Crippen molar-refractivity contribution in [1.29, 1.82) is 0 Å². The highest BCUT2D eigenvalue weighted by Gasteiger charge is 2.63. The van der Waals surface area contributed by atoms with Crippen molar-refractivity contribution in [1.82, 2.24) is 4.98 Å². The van der Waals surface area contributed by atoms with Gasteiger partial charge >= 0.3 is 18.1 Å². The van der Waals surface area contributed by atoms with Crippen molar-refractivity contribution < 1.29 is 37.3 Å². The fourth-order valence-electron chi connectivity index (χ4n) is 2.36. The molecule has 2 rings (SSSR count). The maximum Gasteiger partial charge on any atom is 0.432 e. The van der Waals surface area contributed by atoms with Gasteiger partial charge in [0.05, 0.1) is 19.3 Å². The van der Waals surface area contributed by atoms with Crippen LogP contribution >= 0.6 is 0 Å². The lowest BCUT2D eigenvalue weighted by Gasteiger charge is -2.28. The minimum atomic E-state index is -5.36. The number of H-pyrrole nitrogens is 1. The summed E-state index contributed by atoms with van der Waals surface area (Å²) in [7, 11) is 1.06. The number of methoxy groups -OCH3 is 1. The van der Waals surface area contributed by atoms with E-state index in [1.807, 2.05) is 0 Å². The summed E-state index contributed by atoms with van der Waals surface area (Å²) in [6.07, 6.45) is -4.54. The lowest BCUT2D eigenvalue weighted by molar-refractivity contribution is -0.267. The van der Waals surface area contributed by atoms with E-state index in [9.17, 15) is 27.9 Å². The Morgan fingerprint density at radius 1 is 1.29 bits per heavy atom. The molecule has 0 saturated heterocycles. The summed E-state index contributed by atoms with van der Waals surface area (Å²) in [5.41, 5.74) is -4.85. The maximum atomic E-state index is 13.5. The number of alkyl halides is 3. The SMILES string of the molecule is CCOC(=O)[C@@](O)(c1c[nH]c2cccc(C(=O)OC)c12)C(F)(F)F. The summed E-state index contributed by atoms with van der Waals surface area (Å²) in [6, 6.07) is 4.05. The van der Waals surface area contributed by atoms with Crippen molar-refractivity contribution in [2.45, 2.75) is 18.7 Å². The van der Waals surface area contributed by atoms with Crippen molar-refractivity contribution in [2.75, 3.05) is 13.7 Å². The van der Waals surface area contributed by atoms with Crippen LogP contribution in [0.25, 0.3) is 10.9 Å². The number of ether oxygens (including phenoxy) is 2. The highest BCUT2D eigenvalue weighted by atomic mass is 19.4. The highest BCUT2D eigenvalue weighted by Crippen LogP contribution is 2.43. The molecular formula is C15H14F3NO5. The monoisotopic (exact) mass is 345 g/mol. The number of rotatable bonds is 4. The minimum absolute atomic E-state index is 0.125. The molecule has 2 N–H and O–H groups in total. The number of aliphatic hydroxyl groups is 1. The van der Waals surface area contributed by atoms with E-state index in [0.29, 0.717) is 0 Å². The highest BCUT2D eigenvalue weighted by molar-refractivity contribution is 6.07. The fraction of sp³-hybridized carbons (Fsp3) is 0.333. The molecule has 0 aliphatic heterocycles. The predicted molar refractivity (Wildman–Crippen MR) is 76.2 cm³/mol. The standard InChI is InChI=1S/C15H14F3NO5/c1-3-24-13(21)14(22,15(16,17)18)9-7-19-10-6-4-5-8(11(9)10)12(20)23-2/h4-7,19,22H,3H2,1-2H3/t14-/m0/s1. The first-order valence-electron chi connectivity index (χ1n) is 6.83. The quantitative estimate of drug-likeness (QED) is 0.830. The number of nitrogens with one attached hydrogen (secondary N) is 1. The normalized spacial score (nSPS) is 14.2. The molecule has 1 aromatic heterocycles. The van der Waals surface area contributed by atoms with E-state index in [4.69, 9.17) is 0 Å². The third kappa shape index (κ3) is 2.60. The Kier molecular flexibility index (Phi) is 4.57. The van der Waals surface area contributed by atoms with Gasteiger partial charge in [-0.3, -0.25) is 0 Å². The van der Waals surface area contributed by atoms with Gasteiger partial charge in [0.25, 0.3) is 5.60 Å². The zero-order chi connectivity index (χ0) is 18.1. The number of fused-ring (bicyclic) bond motifs is 1. The van der Waals surface area contributed by atoms with E-state index in [1.54, 1.807) is 0 Å². The van der Waals surface area contributed by atoms with Gasteiger partial charge in [0.15, 0.2) is 0 Å². The Morgan fingerprint density at radius 2 is 1.96 bits per heavy atom. The molecule has 1 aromatic carbocycles. The van der Waals surface area contributed by atoms with Gasteiger partial charge in [0.1, 0.15) is 0 Å². The van der Waals surface area contributed by atoms with Crippen LogP contribution in [0.3, 0.4) is 0 Å². The Morgan fingerprint density at radius 3 is 2.50 bits per heavy atom. The van der Waals surface area contributed by atoms with Crippen LogP contribution in [0.4, 0.5) is 13.2 Å². The van der Waals surface area contributed by atoms with E-state index >= 15 is 0 Å². The van der Waals surface area contributed by atoms with E-state index in [1.165, 1.54) is 25.1 Å². The second-order valence-electron chi connectivity index (χ2n) is 4.85. The molecule has 24 heavy (non-hydrogen) atoms. The molecule has 0 bridgehead atoms. The summed E-state index contributed by atoms with van der Waals surface area (Å²) < 4.78 is 49.4. The second-order valence-corrected chi connectivity index (χ2v) is 4.85. The summed E-state index contributed by atoms with van der Waals surface area (Å²) >= 11 is 0. The number of aromatic nitrogens is 1. The first kappa shape index (κ1) is 17.8. The maximum absolute atomic E-state index is 13.5. The fourth-order valence-corrected chi connectivity index (χ4v) is 2.36. The number of esters is 2. The number of hydrogen-bond donors (Lipinski definition) is 2. The van der Waals surface area contributed by atoms with Crippen molar-refractivity contribution in [2.24, 2.45) is 0 Å². The lowest BCUT2D eigenvalue weighted by Crippen LogP contribution is -2.50. The molecule has 0 radical (unpaired) electrons. The Labute approximate surface area is 134 Å². The van der Waals surface area contributed by atoms with Gasteiger partial charge in [-0.05, 0) is 19.1 Å². The topological polar surface area (TPSA) is 88.6 Å². The average molecular weight is 345 g/mol. The largest absolute Gasteiger partial charge is 0.465 e. The number of carbonyl (C=O) groups excluding carboxylic acids is 2. The third-order valence-corrected chi connectivity index (χ3v) is 3.48. The first-order chi connectivity index (χ1) is 11.2. The van der Waals surface area contributed by atoms with Gasteiger partial charge in [-0.2, -0.15) is 13.2 Å². The zero-order valence-corrected chi connectivity index (χ0v) is 12.7. The number of aromatic amines is 1. The average Bonchev–Trinajstić information content (AvgIpc) is 2.96. The van der Waals surface area contributed by atoms with Gasteiger partial charge in [-0.1, -0.05) is 6.07 Å². The number of hydrogen-bond acceptors (Lipinski definition) is 5. The van der Waals surface area contributed by atoms with Crippen LogP contribution in [-0.2, 0) is 19.9 Å². The molecule has 0 spiro atoms. The number of carbonyl (C=O) groups is 2. The van der Waals surface area contributed by atoms with Crippen LogP contribution in [0.5, 0.6) is 0 Å². The summed E-state index contributed by atoms with van der Waals surface area (Å²) in [5, 5.41) is 9.95. The smallest absolute Gasteiger partial charge is 0.432 e. The van der Waals surface area contributed by atoms with Gasteiger partial charge in [0, 0.05) is 22.7 Å². The summed E-state index contributed by atoms with van der Waals surface area (Å²) in [4.78, 5) is 26.2. The van der Waals surface area contributed by atoms with Crippen LogP contribution in [0.1, 0.15) is 22.8 Å². The molecule has 1 atom stereocenters. The second kappa shape index (κ2) is 6.16. The van der Waals surface area contributed by atoms with Crippen LogP contribution in [0.2, 0.25) is 0 Å². The van der Waals surface area contributed by atoms with Crippen molar-refractivity contribution in [3.05, 3.63) is 35.5 Å². The van der Waals surface area contributed by atoms with Gasteiger partial charge in [-0.25, -0.2) is 9.59 Å². The Balaban J connectivity index is 2.81. The molecule has 0 aliphatic carbocycles. The molecule has 1 heterocycles. The van der Waals surface area contributed by atoms with Gasteiger partial charge in [0.2, 0.25) is 0 Å². The molecule has 9 heteroatoms. The molecule has 130 valence electrons. The molecule has 0 unspecified atom stereocenters. The van der Waals surface area contributed by atoms with Crippen molar-refractivity contribution in [3.8, 4) is 0 Å². The van der Waals surface area contributed by atoms with E-state index in [0.717, 1.165) is 13.3 Å². The van der Waals surface area contributed by atoms with E-state index in [2.05, 4.69) is 14.5 Å². The van der Waals surface area contributed by atoms with Crippen LogP contribution in [0, 0.1) is 0 Å². The molecule has 0 aliphatic rings. The van der Waals surface area contributed by atoms with E-state index < -0.39 is 29.3 Å². The van der Waals surface area contributed by atoms with E-state index in [-0.39, 0.29) is 23.1 Å². The van der Waals surface area contributed by atoms with Crippen LogP contribution in [0.15, 0.2) is 24.4 Å². The van der Waals surface area contributed by atoms with Crippen LogP contribution < -0.4 is 0 Å². The van der Waals surface area contributed by atoms with Gasteiger partial charge in [-0.15, -0.1) is 0 Å². The van der Waals surface area contributed by atoms with Crippen LogP contribution in [-0.4, -0.2) is 41.9 Å². The number of benzene rings is 1. The zero-order valence-electron chi connectivity index (χ0n) is 12.7. The number of halogens is 3. The van der Waals surface area contributed by atoms with Crippen molar-refractivity contribution >= 4 is 22.8 Å². The molecular weight excluding hydrogens is 331 g/mol. The Bertz CT molecular complexity index is 783. The third-order valence-electron chi connectivity index (χ3n) is 3.48. The summed E-state index contributed by atoms with van der Waals surface area (Å²) in [5.74, 6) is -2.78. The first-order valence-corrected chi connectivity index (χ1v) is 6.83. The predicted octanol–water partition coefficient (Wildman–Crippen LogP) is 2.27. The molecule has 0 fully saturated rings. The lowest BCUT2D eigenvalue weighted by atomic mass is 9.90. The van der Waals surface area contributed by atoms with Crippen molar-refractivity contribution in [3.63, 3.8) is 0 Å². The minimum Gasteiger partial charge on any atom is -0.465 e. The van der Waals surface area contributed by atoms with Gasteiger partial charge < -0.3 is 19.6 Å². The molecule has 2 aromatic rings. The Hall–Kier alpha value is -2.55. The molecule has 0 amide bonds. The molecule has 6 nitrogen and oxygen atoms in total. The molecule has 0 saturated carbocycles. The summed E-state index contributed by atoms with van der Waals surface area (Å²) in [6.45, 7) is 0.952.